The topological polar surface area (TPSA) is 71.7 Å². The summed E-state index contributed by atoms with van der Waals surface area (Å²) < 4.78 is 16.8. The Hall–Kier alpha value is -1.61. The second-order valence-corrected chi connectivity index (χ2v) is 9.63. The molecule has 0 fully saturated rings. The van der Waals surface area contributed by atoms with Gasteiger partial charge >= 0.3 is 0 Å². The number of rotatable bonds is 24. The average Bonchev–Trinajstić information content (AvgIpc) is 2.89. The van der Waals surface area contributed by atoms with E-state index >= 15 is 0 Å². The largest absolute Gasteiger partial charge is 0.496 e. The summed E-state index contributed by atoms with van der Waals surface area (Å²) in [4.78, 5) is 0. The van der Waals surface area contributed by atoms with E-state index in [0.29, 0.717) is 31.1 Å². The molecular weight excluding hydrogens is 438 g/mol. The molecule has 200 valence electrons. The van der Waals surface area contributed by atoms with Gasteiger partial charge in [-0.05, 0) is 18.6 Å². The van der Waals surface area contributed by atoms with E-state index in [1.807, 2.05) is 6.07 Å². The fourth-order valence-corrected chi connectivity index (χ4v) is 4.26. The van der Waals surface area contributed by atoms with Crippen molar-refractivity contribution in [3.8, 4) is 11.8 Å². The van der Waals surface area contributed by atoms with Crippen LogP contribution < -0.4 is 4.74 Å². The summed E-state index contributed by atoms with van der Waals surface area (Å²) in [6, 6.07) is 7.36. The Morgan fingerprint density at radius 3 is 1.86 bits per heavy atom. The van der Waals surface area contributed by atoms with Gasteiger partial charge in [0.2, 0.25) is 0 Å². The van der Waals surface area contributed by atoms with Crippen LogP contribution in [0.2, 0.25) is 0 Å². The number of methoxy groups -OCH3 is 1. The smallest absolute Gasteiger partial charge is 0.125 e. The van der Waals surface area contributed by atoms with Gasteiger partial charge in [0.25, 0.3) is 0 Å². The number of nitrogens with zero attached hydrogens (tertiary/aromatic N) is 1. The fourth-order valence-electron chi connectivity index (χ4n) is 4.26. The summed E-state index contributed by atoms with van der Waals surface area (Å²) in [6.07, 6.45) is 21.4. The number of hydrogen-bond acceptors (Lipinski definition) is 5. The van der Waals surface area contributed by atoms with Gasteiger partial charge in [0.05, 0.1) is 38.6 Å². The molecule has 5 nitrogen and oxygen atoms in total. The van der Waals surface area contributed by atoms with Crippen LogP contribution in [0.15, 0.2) is 18.2 Å². The van der Waals surface area contributed by atoms with Crippen LogP contribution in [-0.2, 0) is 16.1 Å². The molecule has 35 heavy (non-hydrogen) atoms. The van der Waals surface area contributed by atoms with Crippen molar-refractivity contribution in [1.82, 2.24) is 0 Å². The van der Waals surface area contributed by atoms with Gasteiger partial charge < -0.3 is 19.3 Å². The van der Waals surface area contributed by atoms with Gasteiger partial charge in [0, 0.05) is 12.2 Å². The highest BCUT2D eigenvalue weighted by molar-refractivity contribution is 5.42. The lowest BCUT2D eigenvalue weighted by atomic mass is 10.0. The molecule has 0 amide bonds. The zero-order chi connectivity index (χ0) is 25.4. The lowest BCUT2D eigenvalue weighted by Crippen LogP contribution is -2.24. The molecule has 1 N–H and O–H groups in total. The molecule has 0 aliphatic rings. The third-order valence-electron chi connectivity index (χ3n) is 6.54. The number of aliphatic hydroxyl groups excluding tert-OH is 1. The predicted molar refractivity (Wildman–Crippen MR) is 144 cm³/mol. The van der Waals surface area contributed by atoms with Crippen molar-refractivity contribution in [2.75, 3.05) is 26.9 Å². The number of unbranched alkanes of at least 4 members (excludes halogenated alkanes) is 15. The normalized spacial score (nSPS) is 11.9. The van der Waals surface area contributed by atoms with Gasteiger partial charge in [-0.25, -0.2) is 0 Å². The van der Waals surface area contributed by atoms with Gasteiger partial charge in [0.1, 0.15) is 11.9 Å². The van der Waals surface area contributed by atoms with Crippen LogP contribution in [0.5, 0.6) is 5.75 Å². The molecular formula is C30H51NO4. The fraction of sp³-hybridized carbons (Fsp3) is 0.767. The summed E-state index contributed by atoms with van der Waals surface area (Å²) in [7, 11) is 1.57. The number of nitriles is 1. The molecule has 0 spiro atoms. The van der Waals surface area contributed by atoms with Crippen molar-refractivity contribution in [2.45, 2.75) is 122 Å². The van der Waals surface area contributed by atoms with Crippen LogP contribution in [0, 0.1) is 11.3 Å². The molecule has 0 aromatic heterocycles. The van der Waals surface area contributed by atoms with Crippen molar-refractivity contribution in [1.29, 1.82) is 5.26 Å². The zero-order valence-corrected chi connectivity index (χ0v) is 22.6. The predicted octanol–water partition coefficient (Wildman–Crippen LogP) is 7.72. The third kappa shape index (κ3) is 16.6. The van der Waals surface area contributed by atoms with Crippen molar-refractivity contribution < 1.29 is 19.3 Å². The first kappa shape index (κ1) is 31.4. The van der Waals surface area contributed by atoms with E-state index in [1.54, 1.807) is 19.2 Å². The molecule has 0 saturated heterocycles. The average molecular weight is 490 g/mol. The number of hydrogen-bond donors (Lipinski definition) is 1. The van der Waals surface area contributed by atoms with Gasteiger partial charge in [-0.1, -0.05) is 109 Å². The minimum Gasteiger partial charge on any atom is -0.496 e. The lowest BCUT2D eigenvalue weighted by molar-refractivity contribution is -0.0506. The molecule has 0 bridgehead atoms. The van der Waals surface area contributed by atoms with Crippen molar-refractivity contribution in [3.63, 3.8) is 0 Å². The van der Waals surface area contributed by atoms with Crippen LogP contribution >= 0.6 is 0 Å². The quantitative estimate of drug-likeness (QED) is 0.150. The first-order valence-electron chi connectivity index (χ1n) is 14.1. The van der Waals surface area contributed by atoms with Crippen LogP contribution in [0.3, 0.4) is 0 Å². The summed E-state index contributed by atoms with van der Waals surface area (Å²) in [5.74, 6) is 0.620. The van der Waals surface area contributed by atoms with Crippen LogP contribution in [-0.4, -0.2) is 38.1 Å². The monoisotopic (exact) mass is 489 g/mol. The molecule has 1 aromatic carbocycles. The third-order valence-corrected chi connectivity index (χ3v) is 6.54. The Morgan fingerprint density at radius 1 is 0.829 bits per heavy atom. The summed E-state index contributed by atoms with van der Waals surface area (Å²) in [6.45, 7) is 3.59. The van der Waals surface area contributed by atoms with E-state index in [4.69, 9.17) is 19.5 Å². The Morgan fingerprint density at radius 2 is 1.37 bits per heavy atom. The lowest BCUT2D eigenvalue weighted by Gasteiger charge is -2.17. The van der Waals surface area contributed by atoms with E-state index in [-0.39, 0.29) is 12.7 Å². The maximum Gasteiger partial charge on any atom is 0.125 e. The Kier molecular flexibility index (Phi) is 20.5. The first-order valence-corrected chi connectivity index (χ1v) is 14.1. The molecule has 0 unspecified atom stereocenters. The number of benzene rings is 1. The van der Waals surface area contributed by atoms with E-state index in [0.717, 1.165) is 12.0 Å². The molecule has 1 aromatic rings. The van der Waals surface area contributed by atoms with Crippen LogP contribution in [0.25, 0.3) is 0 Å². The van der Waals surface area contributed by atoms with E-state index in [9.17, 15) is 5.11 Å². The van der Waals surface area contributed by atoms with Gasteiger partial charge in [-0.3, -0.25) is 0 Å². The summed E-state index contributed by atoms with van der Waals surface area (Å²) in [5.41, 5.74) is 1.40. The highest BCUT2D eigenvalue weighted by Crippen LogP contribution is 2.21. The number of aliphatic hydroxyl groups is 1. The molecule has 0 aliphatic carbocycles. The maximum absolute atomic E-state index is 9.58. The van der Waals surface area contributed by atoms with E-state index in [1.165, 1.54) is 96.3 Å². The standard InChI is InChI=1S/C30H51NO4/c1-3-4-5-6-7-8-9-10-11-12-13-14-15-16-17-18-21-34-26-29(24-32)35-25-28-20-19-27(23-31)22-30(28)33-2/h19-20,22,29,32H,3-18,21,24-26H2,1-2H3/t29-/m0/s1. The molecule has 0 aliphatic heterocycles. The van der Waals surface area contributed by atoms with Crippen molar-refractivity contribution in [2.24, 2.45) is 0 Å². The van der Waals surface area contributed by atoms with E-state index in [2.05, 4.69) is 13.0 Å². The first-order chi connectivity index (χ1) is 17.2. The van der Waals surface area contributed by atoms with Crippen LogP contribution in [0.4, 0.5) is 0 Å². The van der Waals surface area contributed by atoms with Crippen LogP contribution in [0.1, 0.15) is 121 Å². The Balaban J connectivity index is 1.93. The highest BCUT2D eigenvalue weighted by Gasteiger charge is 2.11. The Bertz CT molecular complexity index is 658. The van der Waals surface area contributed by atoms with Crippen molar-refractivity contribution >= 4 is 0 Å². The molecule has 0 radical (unpaired) electrons. The van der Waals surface area contributed by atoms with Gasteiger partial charge in [-0.15, -0.1) is 0 Å². The summed E-state index contributed by atoms with van der Waals surface area (Å²) >= 11 is 0. The minimum atomic E-state index is -0.364. The molecule has 1 rings (SSSR count). The SMILES string of the molecule is CCCCCCCCCCCCCCCCCCOC[C@H](CO)OCc1ccc(C#N)cc1OC. The second kappa shape index (κ2) is 22.8. The second-order valence-electron chi connectivity index (χ2n) is 9.63. The molecule has 0 heterocycles. The summed E-state index contributed by atoms with van der Waals surface area (Å²) in [5, 5.41) is 18.6. The van der Waals surface area contributed by atoms with Crippen molar-refractivity contribution in [3.05, 3.63) is 29.3 Å². The Labute approximate surface area is 215 Å². The van der Waals surface area contributed by atoms with Gasteiger partial charge in [-0.2, -0.15) is 5.26 Å². The maximum atomic E-state index is 9.58. The molecule has 0 saturated carbocycles. The minimum absolute atomic E-state index is 0.0858. The molecule has 5 heteroatoms. The van der Waals surface area contributed by atoms with Gasteiger partial charge in [0.15, 0.2) is 0 Å². The highest BCUT2D eigenvalue weighted by atomic mass is 16.5. The zero-order valence-electron chi connectivity index (χ0n) is 22.6. The van der Waals surface area contributed by atoms with E-state index < -0.39 is 0 Å². The molecule has 1 atom stereocenters. The number of ether oxygens (including phenoxy) is 3.